The van der Waals surface area contributed by atoms with Crippen molar-refractivity contribution < 1.29 is 18.9 Å². The van der Waals surface area contributed by atoms with Gasteiger partial charge in [-0.1, -0.05) is 79.6 Å². The van der Waals surface area contributed by atoms with Crippen LogP contribution in [0.25, 0.3) is 10.8 Å². The van der Waals surface area contributed by atoms with Crippen molar-refractivity contribution in [2.45, 2.75) is 57.8 Å². The molecule has 0 amide bonds. The molecule has 5 heteroatoms. The summed E-state index contributed by atoms with van der Waals surface area (Å²) in [5.41, 5.74) is 4.13. The van der Waals surface area contributed by atoms with Crippen molar-refractivity contribution in [2.24, 2.45) is 0 Å². The first-order valence-electron chi connectivity index (χ1n) is 11.3. The van der Waals surface area contributed by atoms with Gasteiger partial charge in [0.1, 0.15) is 0 Å². The number of benzene rings is 3. The van der Waals surface area contributed by atoms with E-state index in [9.17, 15) is 4.57 Å². The molecule has 3 aromatic rings. The zero-order valence-corrected chi connectivity index (χ0v) is 19.0. The number of fused-ring (bicyclic) bond motifs is 1. The first kappa shape index (κ1) is 23.7. The van der Waals surface area contributed by atoms with E-state index in [0.29, 0.717) is 6.42 Å². The van der Waals surface area contributed by atoms with E-state index in [1.54, 1.807) is 0 Å². The highest BCUT2D eigenvalue weighted by Crippen LogP contribution is 2.35. The molecule has 0 fully saturated rings. The van der Waals surface area contributed by atoms with E-state index in [1.165, 1.54) is 53.1 Å². The first-order chi connectivity index (χ1) is 15.0. The van der Waals surface area contributed by atoms with E-state index in [2.05, 4.69) is 71.3 Å². The summed E-state index contributed by atoms with van der Waals surface area (Å²) in [6.07, 6.45) is 9.58. The predicted molar refractivity (Wildman–Crippen MR) is 127 cm³/mol. The van der Waals surface area contributed by atoms with Crippen LogP contribution in [0.1, 0.15) is 55.2 Å². The fourth-order valence-electron chi connectivity index (χ4n) is 4.10. The molecule has 0 aliphatic rings. The number of hydrogen-bond donors (Lipinski definition) is 2. The number of hydrogen-bond acceptors (Lipinski definition) is 2. The second-order valence-corrected chi connectivity index (χ2v) is 9.35. The zero-order chi connectivity index (χ0) is 21.9. The molecule has 0 bridgehead atoms. The molecule has 0 aromatic heterocycles. The standard InChI is InChI=1S/C26H33O4P/c27-31(28,29)30-21-11-10-16-24-20-19-23(25-17-8-9-18-26(24)25)15-7-2-1-4-12-22-13-5-3-6-14-22/h3,5-6,8-9,13-14,17-20H,1-2,4,7,10-12,15-16,21H2,(H2,27,28,29). The number of aryl methyl sites for hydroxylation is 3. The van der Waals surface area contributed by atoms with Crippen molar-refractivity contribution in [1.82, 2.24) is 0 Å². The van der Waals surface area contributed by atoms with Crippen molar-refractivity contribution in [1.29, 1.82) is 0 Å². The van der Waals surface area contributed by atoms with Crippen LogP contribution in [0.15, 0.2) is 66.7 Å². The fraction of sp³-hybridized carbons (Fsp3) is 0.385. The van der Waals surface area contributed by atoms with Crippen LogP contribution in [0, 0.1) is 0 Å². The van der Waals surface area contributed by atoms with Crippen molar-refractivity contribution in [3.63, 3.8) is 0 Å². The topological polar surface area (TPSA) is 66.8 Å². The normalized spacial score (nSPS) is 11.8. The molecule has 0 unspecified atom stereocenters. The molecule has 0 aliphatic heterocycles. The molecule has 3 aromatic carbocycles. The van der Waals surface area contributed by atoms with Gasteiger partial charge < -0.3 is 9.79 Å². The summed E-state index contributed by atoms with van der Waals surface area (Å²) in [6, 6.07) is 23.8. The molecule has 0 heterocycles. The molecule has 2 N–H and O–H groups in total. The molecule has 31 heavy (non-hydrogen) atoms. The second kappa shape index (κ2) is 12.2. The first-order valence-corrected chi connectivity index (χ1v) is 12.8. The van der Waals surface area contributed by atoms with Gasteiger partial charge >= 0.3 is 7.82 Å². The molecule has 0 radical (unpaired) electrons. The third-order valence-corrected chi connectivity index (χ3v) is 6.23. The number of phosphoric acid groups is 1. The van der Waals surface area contributed by atoms with Crippen molar-refractivity contribution in [3.05, 3.63) is 83.4 Å². The Morgan fingerprint density at radius 3 is 1.71 bits per heavy atom. The summed E-state index contributed by atoms with van der Waals surface area (Å²) in [4.78, 5) is 17.5. The van der Waals surface area contributed by atoms with Crippen LogP contribution >= 0.6 is 7.82 Å². The SMILES string of the molecule is O=P(O)(O)OCCCCc1ccc(CCCCCCc2ccccc2)c2ccccc12. The Kier molecular flexibility index (Phi) is 9.30. The smallest absolute Gasteiger partial charge is 0.303 e. The highest BCUT2D eigenvalue weighted by molar-refractivity contribution is 7.46. The van der Waals surface area contributed by atoms with Crippen LogP contribution in [0.5, 0.6) is 0 Å². The minimum Gasteiger partial charge on any atom is -0.303 e. The average Bonchev–Trinajstić information content (AvgIpc) is 2.76. The van der Waals surface area contributed by atoms with E-state index in [1.807, 2.05) is 0 Å². The van der Waals surface area contributed by atoms with Crippen molar-refractivity contribution >= 4 is 18.6 Å². The summed E-state index contributed by atoms with van der Waals surface area (Å²) in [7, 11) is -4.36. The third-order valence-electron chi connectivity index (χ3n) is 5.71. The number of phosphoric ester groups is 1. The van der Waals surface area contributed by atoms with Crippen LogP contribution in [0.2, 0.25) is 0 Å². The van der Waals surface area contributed by atoms with E-state index in [4.69, 9.17) is 9.79 Å². The van der Waals surface area contributed by atoms with Crippen LogP contribution < -0.4 is 0 Å². The lowest BCUT2D eigenvalue weighted by atomic mass is 9.94. The lowest BCUT2D eigenvalue weighted by Gasteiger charge is -2.12. The van der Waals surface area contributed by atoms with Crippen molar-refractivity contribution in [2.75, 3.05) is 6.61 Å². The lowest BCUT2D eigenvalue weighted by Crippen LogP contribution is -1.96. The minimum atomic E-state index is -4.36. The van der Waals surface area contributed by atoms with Gasteiger partial charge in [0.15, 0.2) is 0 Å². The highest BCUT2D eigenvalue weighted by atomic mass is 31.2. The maximum atomic E-state index is 10.8. The number of rotatable bonds is 13. The Morgan fingerprint density at radius 2 is 1.13 bits per heavy atom. The van der Waals surface area contributed by atoms with E-state index in [-0.39, 0.29) is 6.61 Å². The van der Waals surface area contributed by atoms with Crippen LogP contribution in [0.4, 0.5) is 0 Å². The summed E-state index contributed by atoms with van der Waals surface area (Å²) in [5, 5.41) is 2.62. The Labute approximate surface area is 185 Å². The van der Waals surface area contributed by atoms with Gasteiger partial charge in [-0.25, -0.2) is 4.57 Å². The third kappa shape index (κ3) is 8.23. The Morgan fingerprint density at radius 1 is 0.613 bits per heavy atom. The van der Waals surface area contributed by atoms with E-state index in [0.717, 1.165) is 25.7 Å². The average molecular weight is 441 g/mol. The van der Waals surface area contributed by atoms with Gasteiger partial charge in [-0.05, 0) is 72.4 Å². The van der Waals surface area contributed by atoms with Gasteiger partial charge in [0.2, 0.25) is 0 Å². The highest BCUT2D eigenvalue weighted by Gasteiger charge is 2.12. The van der Waals surface area contributed by atoms with Crippen LogP contribution in [-0.4, -0.2) is 16.4 Å². The molecule has 0 saturated carbocycles. The van der Waals surface area contributed by atoms with Crippen LogP contribution in [0.3, 0.4) is 0 Å². The fourth-order valence-corrected chi connectivity index (χ4v) is 4.47. The lowest BCUT2D eigenvalue weighted by molar-refractivity contribution is 0.194. The van der Waals surface area contributed by atoms with Gasteiger partial charge in [0.05, 0.1) is 6.61 Å². The number of unbranched alkanes of at least 4 members (excludes halogenated alkanes) is 4. The molecule has 0 aliphatic carbocycles. The van der Waals surface area contributed by atoms with E-state index < -0.39 is 7.82 Å². The molecule has 0 spiro atoms. The van der Waals surface area contributed by atoms with Gasteiger partial charge in [-0.2, -0.15) is 0 Å². The summed E-state index contributed by atoms with van der Waals surface area (Å²) < 4.78 is 15.3. The quantitative estimate of drug-likeness (QED) is 0.232. The monoisotopic (exact) mass is 440 g/mol. The van der Waals surface area contributed by atoms with Gasteiger partial charge in [0, 0.05) is 0 Å². The van der Waals surface area contributed by atoms with Crippen molar-refractivity contribution in [3.8, 4) is 0 Å². The molecule has 0 saturated heterocycles. The van der Waals surface area contributed by atoms with E-state index >= 15 is 0 Å². The summed E-state index contributed by atoms with van der Waals surface area (Å²) in [6.45, 7) is 0.0879. The van der Waals surface area contributed by atoms with Gasteiger partial charge in [-0.15, -0.1) is 0 Å². The largest absolute Gasteiger partial charge is 0.469 e. The Hall–Kier alpha value is -1.97. The molecule has 166 valence electrons. The maximum Gasteiger partial charge on any atom is 0.469 e. The Balaban J connectivity index is 1.47. The molecule has 0 atom stereocenters. The molecular formula is C26H33O4P. The Bertz CT molecular complexity index is 981. The molecule has 3 rings (SSSR count). The predicted octanol–water partition coefficient (Wildman–Crippen LogP) is 6.62. The van der Waals surface area contributed by atoms with Gasteiger partial charge in [-0.3, -0.25) is 4.52 Å². The zero-order valence-electron chi connectivity index (χ0n) is 18.1. The minimum absolute atomic E-state index is 0.0879. The van der Waals surface area contributed by atoms with Crippen LogP contribution in [-0.2, 0) is 28.4 Å². The molecular weight excluding hydrogens is 407 g/mol. The molecule has 4 nitrogen and oxygen atoms in total. The van der Waals surface area contributed by atoms with Gasteiger partial charge in [0.25, 0.3) is 0 Å². The summed E-state index contributed by atoms with van der Waals surface area (Å²) >= 11 is 0. The second-order valence-electron chi connectivity index (χ2n) is 8.11. The summed E-state index contributed by atoms with van der Waals surface area (Å²) in [5.74, 6) is 0. The maximum absolute atomic E-state index is 10.8.